The Morgan fingerprint density at radius 1 is 1.15 bits per heavy atom. The van der Waals surface area contributed by atoms with E-state index in [4.69, 9.17) is 0 Å². The Balaban J connectivity index is 1.44. The maximum absolute atomic E-state index is 12.8. The average molecular weight is 364 g/mol. The number of benzene rings is 1. The summed E-state index contributed by atoms with van der Waals surface area (Å²) in [5, 5.41) is 7.25. The number of thiophene rings is 1. The van der Waals surface area contributed by atoms with Gasteiger partial charge in [0.2, 0.25) is 11.9 Å². The SMILES string of the molecule is O=C(Nc1cccc(-c2ccsc2)c1)C1CCCN(c2ncccn2)C1. The third-order valence-electron chi connectivity index (χ3n) is 4.61. The minimum Gasteiger partial charge on any atom is -0.340 e. The molecule has 132 valence electrons. The van der Waals surface area contributed by atoms with E-state index in [-0.39, 0.29) is 11.8 Å². The molecule has 4 rings (SSSR count). The average Bonchev–Trinajstić information content (AvgIpc) is 3.24. The zero-order valence-electron chi connectivity index (χ0n) is 14.3. The number of rotatable bonds is 4. The van der Waals surface area contributed by atoms with Crippen LogP contribution in [0.3, 0.4) is 0 Å². The summed E-state index contributed by atoms with van der Waals surface area (Å²) in [6.45, 7) is 1.54. The van der Waals surface area contributed by atoms with Gasteiger partial charge in [0, 0.05) is 31.2 Å². The Labute approximate surface area is 156 Å². The standard InChI is InChI=1S/C20H20N4OS/c25-19(16-5-2-10-24(13-16)20-21-8-3-9-22-20)23-18-6-1-4-15(12-18)17-7-11-26-14-17/h1,3-4,6-9,11-12,14,16H,2,5,10,13H2,(H,23,25). The summed E-state index contributed by atoms with van der Waals surface area (Å²) in [5.74, 6) is 0.704. The molecule has 2 aromatic heterocycles. The number of hydrogen-bond acceptors (Lipinski definition) is 5. The van der Waals surface area contributed by atoms with E-state index >= 15 is 0 Å². The topological polar surface area (TPSA) is 58.1 Å². The summed E-state index contributed by atoms with van der Waals surface area (Å²) in [5.41, 5.74) is 3.13. The predicted molar refractivity (Wildman–Crippen MR) is 105 cm³/mol. The second-order valence-electron chi connectivity index (χ2n) is 6.42. The summed E-state index contributed by atoms with van der Waals surface area (Å²) < 4.78 is 0. The Morgan fingerprint density at radius 2 is 2.04 bits per heavy atom. The first kappa shape index (κ1) is 16.7. The first-order valence-electron chi connectivity index (χ1n) is 8.75. The molecule has 3 heterocycles. The molecule has 26 heavy (non-hydrogen) atoms. The van der Waals surface area contributed by atoms with Crippen LogP contribution >= 0.6 is 11.3 Å². The second-order valence-corrected chi connectivity index (χ2v) is 7.20. The van der Waals surface area contributed by atoms with Gasteiger partial charge in [-0.25, -0.2) is 9.97 Å². The number of carbonyl (C=O) groups excluding carboxylic acids is 1. The van der Waals surface area contributed by atoms with E-state index in [0.717, 1.165) is 30.6 Å². The summed E-state index contributed by atoms with van der Waals surface area (Å²) in [6.07, 6.45) is 5.33. The number of aromatic nitrogens is 2. The van der Waals surface area contributed by atoms with Crippen molar-refractivity contribution in [3.63, 3.8) is 0 Å². The van der Waals surface area contributed by atoms with Gasteiger partial charge >= 0.3 is 0 Å². The lowest BCUT2D eigenvalue weighted by atomic mass is 9.97. The van der Waals surface area contributed by atoms with Crippen LogP contribution in [-0.4, -0.2) is 29.0 Å². The molecule has 5 nitrogen and oxygen atoms in total. The van der Waals surface area contributed by atoms with Gasteiger partial charge in [-0.05, 0) is 59.0 Å². The van der Waals surface area contributed by atoms with Crippen LogP contribution in [-0.2, 0) is 4.79 Å². The van der Waals surface area contributed by atoms with E-state index in [1.165, 1.54) is 5.56 Å². The Kier molecular flexibility index (Phi) is 4.93. The molecule has 1 unspecified atom stereocenters. The quantitative estimate of drug-likeness (QED) is 0.758. The fourth-order valence-electron chi connectivity index (χ4n) is 3.28. The van der Waals surface area contributed by atoms with Crippen molar-refractivity contribution in [2.45, 2.75) is 12.8 Å². The fraction of sp³-hybridized carbons (Fsp3) is 0.250. The van der Waals surface area contributed by atoms with Gasteiger partial charge in [0.05, 0.1) is 5.92 Å². The summed E-state index contributed by atoms with van der Waals surface area (Å²) >= 11 is 1.67. The lowest BCUT2D eigenvalue weighted by Gasteiger charge is -2.31. The number of nitrogens with one attached hydrogen (secondary N) is 1. The van der Waals surface area contributed by atoms with E-state index < -0.39 is 0 Å². The minimum absolute atomic E-state index is 0.0580. The van der Waals surface area contributed by atoms with Gasteiger partial charge in [0.25, 0.3) is 0 Å². The normalized spacial score (nSPS) is 17.1. The van der Waals surface area contributed by atoms with Crippen LogP contribution in [0.15, 0.2) is 59.6 Å². The summed E-state index contributed by atoms with van der Waals surface area (Å²) in [7, 11) is 0. The Morgan fingerprint density at radius 3 is 2.85 bits per heavy atom. The van der Waals surface area contributed by atoms with Crippen molar-refractivity contribution in [2.24, 2.45) is 5.92 Å². The zero-order chi connectivity index (χ0) is 17.8. The molecule has 1 atom stereocenters. The molecule has 0 bridgehead atoms. The molecule has 6 heteroatoms. The molecule has 0 aliphatic carbocycles. The lowest BCUT2D eigenvalue weighted by molar-refractivity contribution is -0.120. The highest BCUT2D eigenvalue weighted by molar-refractivity contribution is 7.08. The second kappa shape index (κ2) is 7.66. The van der Waals surface area contributed by atoms with Crippen molar-refractivity contribution in [3.05, 3.63) is 59.6 Å². The van der Waals surface area contributed by atoms with Gasteiger partial charge < -0.3 is 10.2 Å². The molecular formula is C20H20N4OS. The molecule has 1 amide bonds. The van der Waals surface area contributed by atoms with Crippen LogP contribution in [0.1, 0.15) is 12.8 Å². The highest BCUT2D eigenvalue weighted by atomic mass is 32.1. The van der Waals surface area contributed by atoms with E-state index in [2.05, 4.69) is 43.1 Å². The largest absolute Gasteiger partial charge is 0.340 e. The lowest BCUT2D eigenvalue weighted by Crippen LogP contribution is -2.41. The monoisotopic (exact) mass is 364 g/mol. The molecular weight excluding hydrogens is 344 g/mol. The summed E-state index contributed by atoms with van der Waals surface area (Å²) in [6, 6.07) is 11.9. The van der Waals surface area contributed by atoms with Crippen molar-refractivity contribution < 1.29 is 4.79 Å². The first-order chi connectivity index (χ1) is 12.8. The number of piperidine rings is 1. The number of hydrogen-bond donors (Lipinski definition) is 1. The maximum Gasteiger partial charge on any atom is 0.229 e. The predicted octanol–water partition coefficient (Wildman–Crippen LogP) is 4.06. The zero-order valence-corrected chi connectivity index (χ0v) is 15.2. The van der Waals surface area contributed by atoms with Crippen LogP contribution in [0.2, 0.25) is 0 Å². The Bertz CT molecular complexity index is 867. The van der Waals surface area contributed by atoms with Crippen molar-refractivity contribution in [2.75, 3.05) is 23.3 Å². The number of anilines is 2. The molecule has 0 spiro atoms. The molecule has 0 saturated carbocycles. The van der Waals surface area contributed by atoms with Crippen LogP contribution in [0.25, 0.3) is 11.1 Å². The number of amides is 1. The molecule has 1 aromatic carbocycles. The first-order valence-corrected chi connectivity index (χ1v) is 9.69. The highest BCUT2D eigenvalue weighted by Crippen LogP contribution is 2.26. The molecule has 1 N–H and O–H groups in total. The van der Waals surface area contributed by atoms with E-state index in [1.807, 2.05) is 18.2 Å². The third kappa shape index (κ3) is 3.75. The van der Waals surface area contributed by atoms with Gasteiger partial charge in [-0.2, -0.15) is 11.3 Å². The van der Waals surface area contributed by atoms with E-state index in [1.54, 1.807) is 29.8 Å². The van der Waals surface area contributed by atoms with Crippen LogP contribution in [0.4, 0.5) is 11.6 Å². The van der Waals surface area contributed by atoms with Crippen molar-refractivity contribution in [1.82, 2.24) is 9.97 Å². The molecule has 0 radical (unpaired) electrons. The van der Waals surface area contributed by atoms with Gasteiger partial charge in [0.1, 0.15) is 0 Å². The highest BCUT2D eigenvalue weighted by Gasteiger charge is 2.27. The fourth-order valence-corrected chi connectivity index (χ4v) is 3.94. The molecule has 1 fully saturated rings. The molecule has 3 aromatic rings. The Hall–Kier alpha value is -2.73. The molecule has 1 saturated heterocycles. The smallest absolute Gasteiger partial charge is 0.229 e. The molecule has 1 aliphatic rings. The molecule has 1 aliphatic heterocycles. The van der Waals surface area contributed by atoms with E-state index in [0.29, 0.717) is 12.5 Å². The van der Waals surface area contributed by atoms with Gasteiger partial charge in [-0.3, -0.25) is 4.79 Å². The minimum atomic E-state index is -0.0580. The van der Waals surface area contributed by atoms with Crippen LogP contribution < -0.4 is 10.2 Å². The van der Waals surface area contributed by atoms with Crippen LogP contribution in [0.5, 0.6) is 0 Å². The number of carbonyl (C=O) groups is 1. The van der Waals surface area contributed by atoms with Crippen molar-refractivity contribution >= 4 is 28.9 Å². The van der Waals surface area contributed by atoms with Gasteiger partial charge in [0.15, 0.2) is 0 Å². The summed E-state index contributed by atoms with van der Waals surface area (Å²) in [4.78, 5) is 23.5. The van der Waals surface area contributed by atoms with E-state index in [9.17, 15) is 4.79 Å². The van der Waals surface area contributed by atoms with Crippen molar-refractivity contribution in [1.29, 1.82) is 0 Å². The van der Waals surface area contributed by atoms with Crippen molar-refractivity contribution in [3.8, 4) is 11.1 Å². The third-order valence-corrected chi connectivity index (χ3v) is 5.30. The maximum atomic E-state index is 12.8. The van der Waals surface area contributed by atoms with Gasteiger partial charge in [-0.1, -0.05) is 12.1 Å². The van der Waals surface area contributed by atoms with Crippen LogP contribution in [0, 0.1) is 5.92 Å². The van der Waals surface area contributed by atoms with Gasteiger partial charge in [-0.15, -0.1) is 0 Å². The number of nitrogens with zero attached hydrogens (tertiary/aromatic N) is 3.